The van der Waals surface area contributed by atoms with Gasteiger partial charge in [0, 0.05) is 18.2 Å². The minimum atomic E-state index is -0.855. The number of hydrogen-bond acceptors (Lipinski definition) is 3. The molecule has 0 fully saturated rings. The van der Waals surface area contributed by atoms with E-state index in [1.54, 1.807) is 30.3 Å². The van der Waals surface area contributed by atoms with Gasteiger partial charge in [-0.3, -0.25) is 9.59 Å². The van der Waals surface area contributed by atoms with Crippen molar-refractivity contribution in [3.63, 3.8) is 0 Å². The predicted molar refractivity (Wildman–Crippen MR) is 82.5 cm³/mol. The van der Waals surface area contributed by atoms with Crippen LogP contribution in [0, 0.1) is 0 Å². The molecule has 0 saturated heterocycles. The Morgan fingerprint density at radius 2 is 1.81 bits per heavy atom. The first-order valence-electron chi connectivity index (χ1n) is 6.98. The van der Waals surface area contributed by atoms with Crippen molar-refractivity contribution in [2.24, 2.45) is 5.73 Å². The van der Waals surface area contributed by atoms with Gasteiger partial charge < -0.3 is 16.2 Å². The number of benzene rings is 1. The molecule has 0 aliphatic carbocycles. The first-order valence-corrected chi connectivity index (χ1v) is 6.98. The Morgan fingerprint density at radius 3 is 2.29 bits per heavy atom. The molecule has 0 aliphatic heterocycles. The minimum absolute atomic E-state index is 0.226. The number of aliphatic hydroxyl groups is 1. The summed E-state index contributed by atoms with van der Waals surface area (Å²) in [4.78, 5) is 22.6. The van der Waals surface area contributed by atoms with Crippen molar-refractivity contribution < 1.29 is 14.7 Å². The maximum Gasteiger partial charge on any atom is 0.248 e. The number of carbonyl (C=O) groups is 2. The fourth-order valence-electron chi connectivity index (χ4n) is 1.74. The van der Waals surface area contributed by atoms with Gasteiger partial charge in [-0.25, -0.2) is 0 Å². The van der Waals surface area contributed by atoms with E-state index in [4.69, 9.17) is 5.73 Å². The molecular formula is C16H22N2O3. The number of carbonyl (C=O) groups excluding carboxylic acids is 2. The van der Waals surface area contributed by atoms with Crippen molar-refractivity contribution in [1.82, 2.24) is 5.32 Å². The van der Waals surface area contributed by atoms with Crippen molar-refractivity contribution in [2.45, 2.75) is 32.3 Å². The Balaban J connectivity index is 2.56. The smallest absolute Gasteiger partial charge is 0.248 e. The average molecular weight is 290 g/mol. The third kappa shape index (κ3) is 5.39. The highest BCUT2D eigenvalue weighted by Gasteiger charge is 2.22. The zero-order chi connectivity index (χ0) is 15.9. The first kappa shape index (κ1) is 16.9. The molecule has 0 bridgehead atoms. The molecule has 2 amide bonds. The van der Waals surface area contributed by atoms with Crippen molar-refractivity contribution >= 4 is 17.9 Å². The molecule has 0 aromatic heterocycles. The molecule has 1 rings (SSSR count). The number of rotatable bonds is 7. The molecule has 0 saturated carbocycles. The van der Waals surface area contributed by atoms with Crippen molar-refractivity contribution in [3.05, 3.63) is 41.5 Å². The molecule has 4 N–H and O–H groups in total. The largest absolute Gasteiger partial charge is 0.388 e. The zero-order valence-electron chi connectivity index (χ0n) is 12.4. The lowest BCUT2D eigenvalue weighted by molar-refractivity contribution is -0.117. The second-order valence-electron chi connectivity index (χ2n) is 4.97. The van der Waals surface area contributed by atoms with Gasteiger partial charge in [-0.1, -0.05) is 26.0 Å². The summed E-state index contributed by atoms with van der Waals surface area (Å²) < 4.78 is 0. The number of nitrogens with one attached hydrogen (secondary N) is 1. The molecule has 5 nitrogen and oxygen atoms in total. The summed E-state index contributed by atoms with van der Waals surface area (Å²) in [6.07, 6.45) is 4.20. The average Bonchev–Trinajstić information content (AvgIpc) is 2.51. The van der Waals surface area contributed by atoms with Crippen LogP contribution in [0.15, 0.2) is 30.3 Å². The van der Waals surface area contributed by atoms with E-state index in [0.717, 1.165) is 5.56 Å². The van der Waals surface area contributed by atoms with E-state index < -0.39 is 11.5 Å². The zero-order valence-corrected chi connectivity index (χ0v) is 12.4. The van der Waals surface area contributed by atoms with E-state index in [0.29, 0.717) is 18.4 Å². The molecule has 0 heterocycles. The standard InChI is InChI=1S/C16H22N2O3/c1-3-16(21,4-2)11-18-14(19)10-7-12-5-8-13(9-6-12)15(17)20/h5-10,21H,3-4,11H2,1-2H3,(H2,17,20)(H,18,19). The molecule has 114 valence electrons. The lowest BCUT2D eigenvalue weighted by Crippen LogP contribution is -2.41. The van der Waals surface area contributed by atoms with Crippen LogP contribution in [0.25, 0.3) is 6.08 Å². The van der Waals surface area contributed by atoms with E-state index >= 15 is 0 Å². The molecule has 0 spiro atoms. The van der Waals surface area contributed by atoms with Crippen LogP contribution in [0.4, 0.5) is 0 Å². The summed E-state index contributed by atoms with van der Waals surface area (Å²) in [6.45, 7) is 3.99. The third-order valence-corrected chi connectivity index (χ3v) is 3.53. The minimum Gasteiger partial charge on any atom is -0.388 e. The Hall–Kier alpha value is -2.14. The van der Waals surface area contributed by atoms with Crippen molar-refractivity contribution in [2.75, 3.05) is 6.54 Å². The van der Waals surface area contributed by atoms with Gasteiger partial charge in [-0.2, -0.15) is 0 Å². The predicted octanol–water partition coefficient (Wildman–Crippen LogP) is 1.47. The van der Waals surface area contributed by atoms with Gasteiger partial charge in [0.25, 0.3) is 0 Å². The van der Waals surface area contributed by atoms with Gasteiger partial charge in [0.15, 0.2) is 0 Å². The fraction of sp³-hybridized carbons (Fsp3) is 0.375. The van der Waals surface area contributed by atoms with E-state index in [9.17, 15) is 14.7 Å². The van der Waals surface area contributed by atoms with E-state index in [2.05, 4.69) is 5.32 Å². The normalized spacial score (nSPS) is 11.6. The highest BCUT2D eigenvalue weighted by Crippen LogP contribution is 2.12. The van der Waals surface area contributed by atoms with Gasteiger partial charge in [0.2, 0.25) is 11.8 Å². The molecule has 1 aromatic rings. The second-order valence-corrected chi connectivity index (χ2v) is 4.97. The second kappa shape index (κ2) is 7.59. The van der Waals surface area contributed by atoms with Crippen LogP contribution < -0.4 is 11.1 Å². The van der Waals surface area contributed by atoms with Crippen molar-refractivity contribution in [3.8, 4) is 0 Å². The van der Waals surface area contributed by atoms with Gasteiger partial charge in [-0.05, 0) is 36.6 Å². The summed E-state index contributed by atoms with van der Waals surface area (Å²) in [6, 6.07) is 6.62. The molecule has 0 atom stereocenters. The topological polar surface area (TPSA) is 92.4 Å². The maximum absolute atomic E-state index is 11.7. The molecular weight excluding hydrogens is 268 g/mol. The molecule has 5 heteroatoms. The van der Waals surface area contributed by atoms with Crippen LogP contribution in [-0.4, -0.2) is 29.1 Å². The summed E-state index contributed by atoms with van der Waals surface area (Å²) in [5.74, 6) is -0.754. The summed E-state index contributed by atoms with van der Waals surface area (Å²) in [5.41, 5.74) is 5.51. The Morgan fingerprint density at radius 1 is 1.24 bits per heavy atom. The van der Waals surface area contributed by atoms with E-state index in [1.807, 2.05) is 13.8 Å². The Bertz CT molecular complexity index is 517. The Kier molecular flexibility index (Phi) is 6.11. The van der Waals surface area contributed by atoms with Crippen LogP contribution >= 0.6 is 0 Å². The van der Waals surface area contributed by atoms with E-state index in [-0.39, 0.29) is 12.5 Å². The number of nitrogens with two attached hydrogens (primary N) is 1. The van der Waals surface area contributed by atoms with E-state index in [1.165, 1.54) is 6.08 Å². The number of primary amides is 1. The fourth-order valence-corrected chi connectivity index (χ4v) is 1.74. The van der Waals surface area contributed by atoms with Crippen LogP contribution in [0.1, 0.15) is 42.6 Å². The lowest BCUT2D eigenvalue weighted by Gasteiger charge is -2.24. The highest BCUT2D eigenvalue weighted by atomic mass is 16.3. The van der Waals surface area contributed by atoms with Crippen LogP contribution in [0.5, 0.6) is 0 Å². The first-order chi connectivity index (χ1) is 9.90. The van der Waals surface area contributed by atoms with Crippen LogP contribution in [0.2, 0.25) is 0 Å². The molecule has 0 aliphatic rings. The Labute approximate surface area is 124 Å². The molecule has 0 radical (unpaired) electrons. The lowest BCUT2D eigenvalue weighted by atomic mass is 9.98. The van der Waals surface area contributed by atoms with Gasteiger partial charge in [-0.15, -0.1) is 0 Å². The molecule has 1 aromatic carbocycles. The van der Waals surface area contributed by atoms with Crippen LogP contribution in [-0.2, 0) is 4.79 Å². The van der Waals surface area contributed by atoms with Gasteiger partial charge in [0.05, 0.1) is 5.60 Å². The monoisotopic (exact) mass is 290 g/mol. The summed E-state index contributed by atoms with van der Waals surface area (Å²) in [7, 11) is 0. The molecule has 0 unspecified atom stereocenters. The third-order valence-electron chi connectivity index (χ3n) is 3.53. The SMILES string of the molecule is CCC(O)(CC)CNC(=O)C=Cc1ccc(C(N)=O)cc1. The summed E-state index contributed by atoms with van der Waals surface area (Å²) >= 11 is 0. The van der Waals surface area contributed by atoms with Gasteiger partial charge >= 0.3 is 0 Å². The van der Waals surface area contributed by atoms with Crippen molar-refractivity contribution in [1.29, 1.82) is 0 Å². The van der Waals surface area contributed by atoms with Gasteiger partial charge in [0.1, 0.15) is 0 Å². The summed E-state index contributed by atoms with van der Waals surface area (Å²) in [5, 5.41) is 12.7. The van der Waals surface area contributed by atoms with Crippen LogP contribution in [0.3, 0.4) is 0 Å². The maximum atomic E-state index is 11.7. The molecule has 21 heavy (non-hydrogen) atoms. The number of hydrogen-bond donors (Lipinski definition) is 3. The quantitative estimate of drug-likeness (QED) is 0.664. The number of amides is 2. The highest BCUT2D eigenvalue weighted by molar-refractivity contribution is 5.94.